The summed E-state index contributed by atoms with van der Waals surface area (Å²) >= 11 is 0. The quantitative estimate of drug-likeness (QED) is 0.717. The van der Waals surface area contributed by atoms with Crippen molar-refractivity contribution in [1.82, 2.24) is 9.80 Å². The van der Waals surface area contributed by atoms with Crippen LogP contribution in [0.2, 0.25) is 0 Å². The van der Waals surface area contributed by atoms with Gasteiger partial charge in [-0.3, -0.25) is 9.80 Å². The lowest BCUT2D eigenvalue weighted by Crippen LogP contribution is -2.49. The highest BCUT2D eigenvalue weighted by atomic mass is 16.5. The van der Waals surface area contributed by atoms with Crippen molar-refractivity contribution in [2.24, 2.45) is 0 Å². The van der Waals surface area contributed by atoms with Crippen molar-refractivity contribution in [1.29, 1.82) is 0 Å². The van der Waals surface area contributed by atoms with Crippen molar-refractivity contribution in [2.45, 2.75) is 25.3 Å². The van der Waals surface area contributed by atoms with Gasteiger partial charge in [-0.05, 0) is 30.3 Å². The van der Waals surface area contributed by atoms with Crippen molar-refractivity contribution < 1.29 is 14.9 Å². The standard InChI is InChI=1S/C21H28N2O3/c1-22(11-17-5-3-2-4-6-17)13-20(25)16-26-21-9-7-18(8-10-21)12-23-14-19(24)15-23/h2-10,19-20,24-25H,11-16H2,1H3/t20-/m0/s1. The molecule has 2 N–H and O–H groups in total. The van der Waals surface area contributed by atoms with Gasteiger partial charge in [-0.15, -0.1) is 0 Å². The van der Waals surface area contributed by atoms with Gasteiger partial charge in [0.15, 0.2) is 0 Å². The van der Waals surface area contributed by atoms with E-state index in [1.165, 1.54) is 11.1 Å². The largest absolute Gasteiger partial charge is 0.491 e. The van der Waals surface area contributed by atoms with E-state index in [-0.39, 0.29) is 12.7 Å². The second kappa shape index (κ2) is 9.14. The van der Waals surface area contributed by atoms with Crippen LogP contribution >= 0.6 is 0 Å². The number of aliphatic hydroxyl groups excluding tert-OH is 2. The molecule has 1 fully saturated rings. The first-order chi connectivity index (χ1) is 12.6. The zero-order chi connectivity index (χ0) is 18.4. The third-order valence-corrected chi connectivity index (χ3v) is 4.53. The SMILES string of the molecule is CN(Cc1ccccc1)C[C@H](O)COc1ccc(CN2CC(O)C2)cc1. The molecule has 0 spiro atoms. The average molecular weight is 356 g/mol. The van der Waals surface area contributed by atoms with E-state index >= 15 is 0 Å². The van der Waals surface area contributed by atoms with Gasteiger partial charge in [-0.2, -0.15) is 0 Å². The second-order valence-corrected chi connectivity index (χ2v) is 7.14. The molecule has 0 unspecified atom stereocenters. The molecule has 5 nitrogen and oxygen atoms in total. The number of aliphatic hydroxyl groups is 2. The smallest absolute Gasteiger partial charge is 0.119 e. The molecule has 26 heavy (non-hydrogen) atoms. The van der Waals surface area contributed by atoms with Gasteiger partial charge in [0.2, 0.25) is 0 Å². The summed E-state index contributed by atoms with van der Waals surface area (Å²) in [6, 6.07) is 18.2. The van der Waals surface area contributed by atoms with Gasteiger partial charge in [-0.25, -0.2) is 0 Å². The Morgan fingerprint density at radius 1 is 1.08 bits per heavy atom. The molecule has 140 valence electrons. The Kier molecular flexibility index (Phi) is 6.63. The molecule has 3 rings (SSSR count). The summed E-state index contributed by atoms with van der Waals surface area (Å²) in [5, 5.41) is 19.5. The van der Waals surface area contributed by atoms with E-state index in [0.29, 0.717) is 6.54 Å². The first-order valence-electron chi connectivity index (χ1n) is 9.11. The number of rotatable bonds is 9. The summed E-state index contributed by atoms with van der Waals surface area (Å²) in [6.07, 6.45) is -0.704. The van der Waals surface area contributed by atoms with Gasteiger partial charge in [0.05, 0.1) is 6.10 Å². The number of nitrogens with zero attached hydrogens (tertiary/aromatic N) is 2. The zero-order valence-electron chi connectivity index (χ0n) is 15.3. The summed E-state index contributed by atoms with van der Waals surface area (Å²) < 4.78 is 5.71. The maximum Gasteiger partial charge on any atom is 0.119 e. The van der Waals surface area contributed by atoms with Gasteiger partial charge < -0.3 is 14.9 Å². The van der Waals surface area contributed by atoms with Crippen LogP contribution in [-0.2, 0) is 13.1 Å². The Bertz CT molecular complexity index is 657. The van der Waals surface area contributed by atoms with Crippen molar-refractivity contribution in [3.8, 4) is 5.75 Å². The Morgan fingerprint density at radius 2 is 1.77 bits per heavy atom. The number of likely N-dealkylation sites (N-methyl/N-ethyl adjacent to an activating group) is 1. The minimum Gasteiger partial charge on any atom is -0.491 e. The van der Waals surface area contributed by atoms with Gasteiger partial charge in [0.25, 0.3) is 0 Å². The Morgan fingerprint density at radius 3 is 2.42 bits per heavy atom. The fraction of sp³-hybridized carbons (Fsp3) is 0.429. The summed E-state index contributed by atoms with van der Waals surface area (Å²) in [4.78, 5) is 4.29. The van der Waals surface area contributed by atoms with E-state index < -0.39 is 6.10 Å². The van der Waals surface area contributed by atoms with Crippen LogP contribution in [0, 0.1) is 0 Å². The summed E-state index contributed by atoms with van der Waals surface area (Å²) in [6.45, 7) is 3.99. The Labute approximate surface area is 155 Å². The van der Waals surface area contributed by atoms with Gasteiger partial charge in [0, 0.05) is 32.7 Å². The van der Waals surface area contributed by atoms with Crippen LogP contribution in [0.15, 0.2) is 54.6 Å². The Hall–Kier alpha value is -1.92. The molecule has 0 bridgehead atoms. The lowest BCUT2D eigenvalue weighted by atomic mass is 10.1. The number of likely N-dealkylation sites (tertiary alicyclic amines) is 1. The fourth-order valence-electron chi connectivity index (χ4n) is 3.19. The van der Waals surface area contributed by atoms with E-state index in [1.54, 1.807) is 0 Å². The molecule has 2 aromatic rings. The molecule has 1 saturated heterocycles. The normalized spacial score (nSPS) is 16.5. The van der Waals surface area contributed by atoms with Crippen molar-refractivity contribution in [2.75, 3.05) is 33.3 Å². The molecule has 0 aliphatic carbocycles. The first kappa shape index (κ1) is 18.9. The molecule has 0 radical (unpaired) electrons. The van der Waals surface area contributed by atoms with E-state index in [0.717, 1.165) is 31.9 Å². The summed E-state index contributed by atoms with van der Waals surface area (Å²) in [5.41, 5.74) is 2.43. The van der Waals surface area contributed by atoms with E-state index in [2.05, 4.69) is 21.9 Å². The van der Waals surface area contributed by atoms with Crippen molar-refractivity contribution in [3.05, 3.63) is 65.7 Å². The number of hydrogen-bond acceptors (Lipinski definition) is 5. The zero-order valence-corrected chi connectivity index (χ0v) is 15.3. The molecular weight excluding hydrogens is 328 g/mol. The molecule has 0 aromatic heterocycles. The van der Waals surface area contributed by atoms with Crippen LogP contribution in [-0.4, -0.2) is 65.5 Å². The van der Waals surface area contributed by atoms with Gasteiger partial charge in [0.1, 0.15) is 18.5 Å². The molecule has 1 heterocycles. The lowest BCUT2D eigenvalue weighted by Gasteiger charge is -2.35. The first-order valence-corrected chi connectivity index (χ1v) is 9.11. The minimum absolute atomic E-state index is 0.167. The van der Waals surface area contributed by atoms with Crippen LogP contribution < -0.4 is 4.74 Å². The Balaban J connectivity index is 1.37. The maximum atomic E-state index is 10.2. The highest BCUT2D eigenvalue weighted by molar-refractivity contribution is 5.27. The highest BCUT2D eigenvalue weighted by Gasteiger charge is 2.23. The topological polar surface area (TPSA) is 56.2 Å². The molecule has 1 aliphatic rings. The van der Waals surface area contributed by atoms with E-state index in [9.17, 15) is 10.2 Å². The highest BCUT2D eigenvalue weighted by Crippen LogP contribution is 2.17. The summed E-state index contributed by atoms with van der Waals surface area (Å²) in [7, 11) is 2.00. The predicted molar refractivity (Wildman–Crippen MR) is 102 cm³/mol. The molecule has 2 aromatic carbocycles. The molecule has 1 atom stereocenters. The molecule has 5 heteroatoms. The third-order valence-electron chi connectivity index (χ3n) is 4.53. The monoisotopic (exact) mass is 356 g/mol. The van der Waals surface area contributed by atoms with E-state index in [4.69, 9.17) is 4.74 Å². The second-order valence-electron chi connectivity index (χ2n) is 7.14. The number of β-amino-alcohol motifs (C(OH)–C–C–N with tert-alkyl or cyclic N) is 1. The van der Waals surface area contributed by atoms with Crippen LogP contribution in [0.25, 0.3) is 0 Å². The van der Waals surface area contributed by atoms with Crippen LogP contribution in [0.4, 0.5) is 0 Å². The predicted octanol–water partition coefficient (Wildman–Crippen LogP) is 1.73. The van der Waals surface area contributed by atoms with Gasteiger partial charge >= 0.3 is 0 Å². The molecular formula is C21H28N2O3. The van der Waals surface area contributed by atoms with Crippen LogP contribution in [0.1, 0.15) is 11.1 Å². The maximum absolute atomic E-state index is 10.2. The molecule has 0 amide bonds. The van der Waals surface area contributed by atoms with Gasteiger partial charge in [-0.1, -0.05) is 42.5 Å². The minimum atomic E-state index is -0.536. The molecule has 0 saturated carbocycles. The molecule has 1 aliphatic heterocycles. The third kappa shape index (κ3) is 5.81. The van der Waals surface area contributed by atoms with Crippen LogP contribution in [0.5, 0.6) is 5.75 Å². The lowest BCUT2D eigenvalue weighted by molar-refractivity contribution is -0.00287. The number of ether oxygens (including phenoxy) is 1. The average Bonchev–Trinajstić information content (AvgIpc) is 2.60. The van der Waals surface area contributed by atoms with Crippen LogP contribution in [0.3, 0.4) is 0 Å². The fourth-order valence-corrected chi connectivity index (χ4v) is 3.19. The summed E-state index contributed by atoms with van der Waals surface area (Å²) in [5.74, 6) is 0.766. The van der Waals surface area contributed by atoms with Crippen molar-refractivity contribution in [3.63, 3.8) is 0 Å². The number of benzene rings is 2. The van der Waals surface area contributed by atoms with Crippen molar-refractivity contribution >= 4 is 0 Å². The number of hydrogen-bond donors (Lipinski definition) is 2. The van der Waals surface area contributed by atoms with E-state index in [1.807, 2.05) is 49.5 Å².